The summed E-state index contributed by atoms with van der Waals surface area (Å²) in [6.45, 7) is 3.71. The zero-order valence-electron chi connectivity index (χ0n) is 19.4. The monoisotopic (exact) mass is 456 g/mol. The van der Waals surface area contributed by atoms with Crippen LogP contribution in [0.1, 0.15) is 30.9 Å². The van der Waals surface area contributed by atoms with Crippen LogP contribution >= 0.6 is 0 Å². The highest BCUT2D eigenvalue weighted by molar-refractivity contribution is 5.90. The minimum Gasteiger partial charge on any atom is -0.355 e. The Hall–Kier alpha value is -3.64. The van der Waals surface area contributed by atoms with Gasteiger partial charge in [0.2, 0.25) is 5.91 Å². The van der Waals surface area contributed by atoms with E-state index in [1.54, 1.807) is 0 Å². The second-order valence-corrected chi connectivity index (χ2v) is 8.61. The zero-order chi connectivity index (χ0) is 23.6. The molecule has 0 aliphatic carbocycles. The van der Waals surface area contributed by atoms with Crippen molar-refractivity contribution in [2.24, 2.45) is 0 Å². The van der Waals surface area contributed by atoms with E-state index >= 15 is 0 Å². The molecular weight excluding hydrogens is 424 g/mol. The molecule has 1 heterocycles. The fraction of sp³-hybridized carbons (Fsp3) is 0.286. The van der Waals surface area contributed by atoms with Gasteiger partial charge in [-0.2, -0.15) is 0 Å². The lowest BCUT2D eigenvalue weighted by Gasteiger charge is -2.20. The van der Waals surface area contributed by atoms with Gasteiger partial charge in [-0.25, -0.2) is 4.79 Å². The van der Waals surface area contributed by atoms with Gasteiger partial charge in [-0.3, -0.25) is 4.79 Å². The number of anilines is 1. The highest BCUT2D eigenvalue weighted by atomic mass is 16.2. The minimum absolute atomic E-state index is 0.0689. The number of hydrogen-bond acceptors (Lipinski definition) is 3. The molecule has 1 aliphatic rings. The number of urea groups is 1. The Kier molecular flexibility index (Phi) is 8.30. The minimum atomic E-state index is -0.420. The summed E-state index contributed by atoms with van der Waals surface area (Å²) < 4.78 is 0. The van der Waals surface area contributed by atoms with Gasteiger partial charge in [-0.1, -0.05) is 72.8 Å². The normalized spacial score (nSPS) is 14.4. The van der Waals surface area contributed by atoms with Gasteiger partial charge in [0, 0.05) is 18.8 Å². The third-order valence-electron chi connectivity index (χ3n) is 6.10. The van der Waals surface area contributed by atoms with Crippen molar-refractivity contribution in [3.8, 4) is 11.1 Å². The van der Waals surface area contributed by atoms with E-state index < -0.39 is 6.04 Å². The maximum absolute atomic E-state index is 12.8. The fourth-order valence-corrected chi connectivity index (χ4v) is 4.26. The average Bonchev–Trinajstić information content (AvgIpc) is 3.39. The molecular formula is C28H32N4O2. The van der Waals surface area contributed by atoms with E-state index in [1.165, 1.54) is 12.8 Å². The van der Waals surface area contributed by atoms with E-state index in [2.05, 4.69) is 33.0 Å². The van der Waals surface area contributed by atoms with E-state index in [0.29, 0.717) is 12.2 Å². The quantitative estimate of drug-likeness (QED) is 0.432. The second kappa shape index (κ2) is 12.0. The van der Waals surface area contributed by atoms with Gasteiger partial charge in [0.15, 0.2) is 0 Å². The maximum Gasteiger partial charge on any atom is 0.319 e. The number of hydrogen-bond donors (Lipinski definition) is 3. The van der Waals surface area contributed by atoms with E-state index in [1.807, 2.05) is 72.8 Å². The number of carbonyl (C=O) groups is 2. The maximum atomic E-state index is 12.8. The predicted octanol–water partition coefficient (Wildman–Crippen LogP) is 4.82. The number of rotatable bonds is 9. The van der Waals surface area contributed by atoms with Crippen molar-refractivity contribution in [2.45, 2.75) is 25.3 Å². The van der Waals surface area contributed by atoms with Gasteiger partial charge in [-0.15, -0.1) is 0 Å². The molecule has 6 nitrogen and oxygen atoms in total. The topological polar surface area (TPSA) is 73.5 Å². The molecule has 6 heteroatoms. The Morgan fingerprint density at radius 2 is 1.41 bits per heavy atom. The van der Waals surface area contributed by atoms with Crippen LogP contribution in [0, 0.1) is 0 Å². The van der Waals surface area contributed by atoms with Crippen LogP contribution in [-0.4, -0.2) is 43.0 Å². The molecule has 1 atom stereocenters. The number of carbonyl (C=O) groups excluding carboxylic acids is 2. The van der Waals surface area contributed by atoms with Crippen LogP contribution in [0.5, 0.6) is 0 Å². The summed E-state index contributed by atoms with van der Waals surface area (Å²) in [6.07, 6.45) is 2.65. The van der Waals surface area contributed by atoms with Crippen LogP contribution in [0.4, 0.5) is 10.5 Å². The summed E-state index contributed by atoms with van der Waals surface area (Å²) in [7, 11) is 0. The molecule has 0 spiro atoms. The molecule has 0 bridgehead atoms. The second-order valence-electron chi connectivity index (χ2n) is 8.61. The predicted molar refractivity (Wildman–Crippen MR) is 137 cm³/mol. The summed E-state index contributed by atoms with van der Waals surface area (Å²) in [5, 5.41) is 8.86. The molecule has 1 unspecified atom stereocenters. The Labute approximate surface area is 201 Å². The standard InChI is InChI=1S/C28H32N4O2/c33-27(29-17-20-32-18-7-8-19-32)21-26(24-11-5-2-6-12-24)31-28(34)30-25-15-13-23(14-16-25)22-9-3-1-4-10-22/h1-6,9-16,26H,7-8,17-21H2,(H,29,33)(H2,30,31,34). The van der Waals surface area contributed by atoms with Crippen molar-refractivity contribution in [3.63, 3.8) is 0 Å². The molecule has 0 radical (unpaired) electrons. The summed E-state index contributed by atoms with van der Waals surface area (Å²) in [5.41, 5.74) is 3.79. The van der Waals surface area contributed by atoms with Gasteiger partial charge >= 0.3 is 6.03 Å². The highest BCUT2D eigenvalue weighted by Gasteiger charge is 2.19. The lowest BCUT2D eigenvalue weighted by molar-refractivity contribution is -0.121. The Morgan fingerprint density at radius 1 is 0.794 bits per heavy atom. The first-order valence-electron chi connectivity index (χ1n) is 11.9. The third kappa shape index (κ3) is 6.93. The van der Waals surface area contributed by atoms with Gasteiger partial charge in [0.1, 0.15) is 0 Å². The van der Waals surface area contributed by atoms with Crippen LogP contribution in [0.2, 0.25) is 0 Å². The van der Waals surface area contributed by atoms with Gasteiger partial charge in [-0.05, 0) is 54.8 Å². The molecule has 34 heavy (non-hydrogen) atoms. The molecule has 1 fully saturated rings. The molecule has 176 valence electrons. The number of nitrogens with zero attached hydrogens (tertiary/aromatic N) is 1. The number of benzene rings is 3. The number of amides is 3. The number of nitrogens with one attached hydrogen (secondary N) is 3. The molecule has 3 N–H and O–H groups in total. The summed E-state index contributed by atoms with van der Waals surface area (Å²) >= 11 is 0. The lowest BCUT2D eigenvalue weighted by Crippen LogP contribution is -2.38. The Morgan fingerprint density at radius 3 is 2.09 bits per heavy atom. The Balaban J connectivity index is 1.33. The van der Waals surface area contributed by atoms with Crippen molar-refractivity contribution in [1.29, 1.82) is 0 Å². The molecule has 0 aromatic heterocycles. The van der Waals surface area contributed by atoms with Crippen molar-refractivity contribution in [3.05, 3.63) is 90.5 Å². The van der Waals surface area contributed by atoms with Crippen LogP contribution in [0.15, 0.2) is 84.9 Å². The van der Waals surface area contributed by atoms with E-state index in [0.717, 1.165) is 36.3 Å². The van der Waals surface area contributed by atoms with Crippen molar-refractivity contribution in [1.82, 2.24) is 15.5 Å². The average molecular weight is 457 g/mol. The summed E-state index contributed by atoms with van der Waals surface area (Å²) in [4.78, 5) is 27.7. The van der Waals surface area contributed by atoms with E-state index in [-0.39, 0.29) is 18.4 Å². The molecule has 1 saturated heterocycles. The lowest BCUT2D eigenvalue weighted by atomic mass is 10.0. The van der Waals surface area contributed by atoms with Gasteiger partial charge in [0.05, 0.1) is 12.5 Å². The summed E-state index contributed by atoms with van der Waals surface area (Å²) in [6, 6.07) is 26.7. The first-order chi connectivity index (χ1) is 16.7. The largest absolute Gasteiger partial charge is 0.355 e. The Bertz CT molecular complexity index is 1050. The zero-order valence-corrected chi connectivity index (χ0v) is 19.4. The smallest absolute Gasteiger partial charge is 0.319 e. The molecule has 4 rings (SSSR count). The van der Waals surface area contributed by atoms with Crippen molar-refractivity contribution in [2.75, 3.05) is 31.5 Å². The van der Waals surface area contributed by atoms with Crippen molar-refractivity contribution >= 4 is 17.6 Å². The summed E-state index contributed by atoms with van der Waals surface area (Å²) in [5.74, 6) is -0.0689. The molecule has 3 amide bonds. The van der Waals surface area contributed by atoms with Crippen LogP contribution in [-0.2, 0) is 4.79 Å². The van der Waals surface area contributed by atoms with E-state index in [4.69, 9.17) is 0 Å². The van der Waals surface area contributed by atoms with Crippen molar-refractivity contribution < 1.29 is 9.59 Å². The first-order valence-corrected chi connectivity index (χ1v) is 11.9. The van der Waals surface area contributed by atoms with Gasteiger partial charge in [0.25, 0.3) is 0 Å². The van der Waals surface area contributed by atoms with E-state index in [9.17, 15) is 9.59 Å². The SMILES string of the molecule is O=C(CC(NC(=O)Nc1ccc(-c2ccccc2)cc1)c1ccccc1)NCCN1CCCC1. The first kappa shape index (κ1) is 23.5. The molecule has 3 aromatic carbocycles. The molecule has 0 saturated carbocycles. The third-order valence-corrected chi connectivity index (χ3v) is 6.10. The number of likely N-dealkylation sites (tertiary alicyclic amines) is 1. The van der Waals surface area contributed by atoms with Crippen LogP contribution in [0.25, 0.3) is 11.1 Å². The van der Waals surface area contributed by atoms with Crippen LogP contribution in [0.3, 0.4) is 0 Å². The highest BCUT2D eigenvalue weighted by Crippen LogP contribution is 2.21. The molecule has 1 aliphatic heterocycles. The van der Waals surface area contributed by atoms with Gasteiger partial charge < -0.3 is 20.9 Å². The molecule has 3 aromatic rings. The van der Waals surface area contributed by atoms with Crippen LogP contribution < -0.4 is 16.0 Å². The fourth-order valence-electron chi connectivity index (χ4n) is 4.26.